The molecule has 0 atom stereocenters. The number of nitrogens with zero attached hydrogens (tertiary/aromatic N) is 2. The maximum atomic E-state index is 10.8. The summed E-state index contributed by atoms with van der Waals surface area (Å²) in [6, 6.07) is 4.37. The van der Waals surface area contributed by atoms with Gasteiger partial charge in [0, 0.05) is 6.07 Å². The van der Waals surface area contributed by atoms with E-state index in [9.17, 15) is 10.1 Å². The summed E-state index contributed by atoms with van der Waals surface area (Å²) in [5.74, 6) is 0.772. The summed E-state index contributed by atoms with van der Waals surface area (Å²) in [6.45, 7) is 6.45. The monoisotopic (exact) mass is 264 g/mol. The fourth-order valence-corrected chi connectivity index (χ4v) is 1.44. The minimum absolute atomic E-state index is 0.110. The molecule has 0 radical (unpaired) electrons. The lowest BCUT2D eigenvalue weighted by Gasteiger charge is -2.14. The van der Waals surface area contributed by atoms with Gasteiger partial charge in [-0.05, 0) is 12.8 Å². The van der Waals surface area contributed by atoms with E-state index in [1.807, 2.05) is 19.9 Å². The molecule has 0 aliphatic rings. The van der Waals surface area contributed by atoms with Crippen LogP contribution in [-0.4, -0.2) is 18.1 Å². The van der Waals surface area contributed by atoms with Crippen LogP contribution >= 0.6 is 0 Å². The summed E-state index contributed by atoms with van der Waals surface area (Å²) >= 11 is 0. The van der Waals surface area contributed by atoms with Crippen LogP contribution in [0.1, 0.15) is 26.3 Å². The molecule has 19 heavy (non-hydrogen) atoms. The van der Waals surface area contributed by atoms with Crippen LogP contribution in [-0.2, 0) is 0 Å². The standard InChI is InChI=1S/C13H16N2O4/c1-4-18-12-6-11(15(16)17)5-10(7-14)13(12)19-8-9(2)3/h5-6,9H,4,8H2,1-3H3. The first-order valence-corrected chi connectivity index (χ1v) is 5.97. The van der Waals surface area contributed by atoms with E-state index in [0.717, 1.165) is 0 Å². The largest absolute Gasteiger partial charge is 0.490 e. The van der Waals surface area contributed by atoms with Gasteiger partial charge in [-0.15, -0.1) is 0 Å². The number of ether oxygens (including phenoxy) is 2. The van der Waals surface area contributed by atoms with E-state index < -0.39 is 4.92 Å². The third-order valence-corrected chi connectivity index (χ3v) is 2.23. The Balaban J connectivity index is 3.24. The molecular formula is C13H16N2O4. The van der Waals surface area contributed by atoms with Gasteiger partial charge in [0.15, 0.2) is 11.5 Å². The quantitative estimate of drug-likeness (QED) is 0.582. The Morgan fingerprint density at radius 2 is 2.11 bits per heavy atom. The van der Waals surface area contributed by atoms with Gasteiger partial charge in [0.1, 0.15) is 11.6 Å². The molecule has 0 spiro atoms. The lowest BCUT2D eigenvalue weighted by atomic mass is 10.1. The maximum absolute atomic E-state index is 10.8. The Bertz CT molecular complexity index is 506. The smallest absolute Gasteiger partial charge is 0.274 e. The van der Waals surface area contributed by atoms with Crippen molar-refractivity contribution in [2.75, 3.05) is 13.2 Å². The topological polar surface area (TPSA) is 85.4 Å². The van der Waals surface area contributed by atoms with Crippen LogP contribution in [0.15, 0.2) is 12.1 Å². The van der Waals surface area contributed by atoms with Crippen molar-refractivity contribution in [1.82, 2.24) is 0 Å². The van der Waals surface area contributed by atoms with Crippen LogP contribution in [0.5, 0.6) is 11.5 Å². The molecule has 0 heterocycles. The molecule has 1 aromatic rings. The second-order valence-corrected chi connectivity index (χ2v) is 4.33. The van der Waals surface area contributed by atoms with Gasteiger partial charge in [-0.25, -0.2) is 0 Å². The van der Waals surface area contributed by atoms with Crippen molar-refractivity contribution in [2.24, 2.45) is 5.92 Å². The van der Waals surface area contributed by atoms with Gasteiger partial charge in [-0.3, -0.25) is 10.1 Å². The van der Waals surface area contributed by atoms with Gasteiger partial charge in [0.25, 0.3) is 5.69 Å². The van der Waals surface area contributed by atoms with E-state index in [1.165, 1.54) is 12.1 Å². The third kappa shape index (κ3) is 3.85. The van der Waals surface area contributed by atoms with Gasteiger partial charge in [-0.2, -0.15) is 5.26 Å². The molecule has 0 aromatic heterocycles. The normalized spacial score (nSPS) is 10.1. The van der Waals surface area contributed by atoms with Crippen LogP contribution in [0, 0.1) is 27.4 Å². The third-order valence-electron chi connectivity index (χ3n) is 2.23. The van der Waals surface area contributed by atoms with Crippen molar-refractivity contribution in [3.8, 4) is 17.6 Å². The van der Waals surface area contributed by atoms with E-state index in [2.05, 4.69) is 0 Å². The number of hydrogen-bond acceptors (Lipinski definition) is 5. The molecule has 0 fully saturated rings. The van der Waals surface area contributed by atoms with Gasteiger partial charge in [-0.1, -0.05) is 13.8 Å². The van der Waals surface area contributed by atoms with Crippen molar-refractivity contribution in [2.45, 2.75) is 20.8 Å². The summed E-state index contributed by atoms with van der Waals surface area (Å²) < 4.78 is 10.9. The minimum Gasteiger partial charge on any atom is -0.490 e. The Morgan fingerprint density at radius 3 is 2.58 bits per heavy atom. The number of nitro benzene ring substituents is 1. The highest BCUT2D eigenvalue weighted by Crippen LogP contribution is 2.35. The fraction of sp³-hybridized carbons (Fsp3) is 0.462. The highest BCUT2D eigenvalue weighted by molar-refractivity contribution is 5.58. The molecule has 1 rings (SSSR count). The van der Waals surface area contributed by atoms with E-state index >= 15 is 0 Å². The molecule has 0 bridgehead atoms. The molecule has 0 aliphatic heterocycles. The van der Waals surface area contributed by atoms with Gasteiger partial charge >= 0.3 is 0 Å². The predicted molar refractivity (Wildman–Crippen MR) is 69.3 cm³/mol. The van der Waals surface area contributed by atoms with Crippen molar-refractivity contribution < 1.29 is 14.4 Å². The number of benzene rings is 1. The first-order valence-electron chi connectivity index (χ1n) is 5.97. The van der Waals surface area contributed by atoms with E-state index in [4.69, 9.17) is 14.7 Å². The SMILES string of the molecule is CCOc1cc([N+](=O)[O-])cc(C#N)c1OCC(C)C. The maximum Gasteiger partial charge on any atom is 0.274 e. The van der Waals surface area contributed by atoms with Crippen LogP contribution in [0.4, 0.5) is 5.69 Å². The molecule has 0 amide bonds. The highest BCUT2D eigenvalue weighted by atomic mass is 16.6. The summed E-state index contributed by atoms with van der Waals surface area (Å²) in [5, 5.41) is 19.9. The van der Waals surface area contributed by atoms with E-state index in [0.29, 0.717) is 13.2 Å². The second-order valence-electron chi connectivity index (χ2n) is 4.33. The molecule has 0 saturated carbocycles. The Labute approximate surface area is 111 Å². The molecule has 0 N–H and O–H groups in total. The number of nitro groups is 1. The average Bonchev–Trinajstić information content (AvgIpc) is 2.36. The molecule has 0 saturated heterocycles. The molecule has 1 aromatic carbocycles. The zero-order valence-corrected chi connectivity index (χ0v) is 11.2. The minimum atomic E-state index is -0.560. The van der Waals surface area contributed by atoms with Gasteiger partial charge < -0.3 is 9.47 Å². The molecular weight excluding hydrogens is 248 g/mol. The van der Waals surface area contributed by atoms with Crippen molar-refractivity contribution >= 4 is 5.69 Å². The fourth-order valence-electron chi connectivity index (χ4n) is 1.44. The lowest BCUT2D eigenvalue weighted by molar-refractivity contribution is -0.385. The van der Waals surface area contributed by atoms with Crippen LogP contribution in [0.25, 0.3) is 0 Å². The van der Waals surface area contributed by atoms with Gasteiger partial charge in [0.2, 0.25) is 0 Å². The average molecular weight is 264 g/mol. The second kappa shape index (κ2) is 6.59. The van der Waals surface area contributed by atoms with Crippen molar-refractivity contribution in [3.63, 3.8) is 0 Å². The van der Waals surface area contributed by atoms with Crippen LogP contribution < -0.4 is 9.47 Å². The Morgan fingerprint density at radius 1 is 1.42 bits per heavy atom. The van der Waals surface area contributed by atoms with E-state index in [-0.39, 0.29) is 28.7 Å². The number of rotatable bonds is 6. The molecule has 0 aliphatic carbocycles. The van der Waals surface area contributed by atoms with Crippen LogP contribution in [0.3, 0.4) is 0 Å². The molecule has 0 unspecified atom stereocenters. The lowest BCUT2D eigenvalue weighted by Crippen LogP contribution is -2.08. The summed E-state index contributed by atoms with van der Waals surface area (Å²) in [4.78, 5) is 10.2. The molecule has 6 nitrogen and oxygen atoms in total. The number of non-ortho nitro benzene ring substituents is 1. The number of nitriles is 1. The molecule has 6 heteroatoms. The highest BCUT2D eigenvalue weighted by Gasteiger charge is 2.19. The summed E-state index contributed by atoms with van der Waals surface area (Å²) in [5.41, 5.74) is -0.0739. The zero-order valence-electron chi connectivity index (χ0n) is 11.2. The predicted octanol–water partition coefficient (Wildman–Crippen LogP) is 2.90. The van der Waals surface area contributed by atoms with Crippen LogP contribution in [0.2, 0.25) is 0 Å². The van der Waals surface area contributed by atoms with Gasteiger partial charge in [0.05, 0.1) is 24.2 Å². The first kappa shape index (κ1) is 14.8. The Kier molecular flexibility index (Phi) is 5.12. The van der Waals surface area contributed by atoms with Crippen molar-refractivity contribution in [1.29, 1.82) is 5.26 Å². The Hall–Kier alpha value is -2.29. The summed E-state index contributed by atoms with van der Waals surface area (Å²) in [7, 11) is 0. The summed E-state index contributed by atoms with van der Waals surface area (Å²) in [6.07, 6.45) is 0. The van der Waals surface area contributed by atoms with Crippen molar-refractivity contribution in [3.05, 3.63) is 27.8 Å². The zero-order chi connectivity index (χ0) is 14.4. The first-order chi connectivity index (χ1) is 8.99. The molecule has 102 valence electrons. The van der Waals surface area contributed by atoms with E-state index in [1.54, 1.807) is 6.92 Å². The number of hydrogen-bond donors (Lipinski definition) is 0.